The van der Waals surface area contributed by atoms with Crippen LogP contribution in [0.3, 0.4) is 0 Å². The largest absolute Gasteiger partial charge is 0.465 e. The quantitative estimate of drug-likeness (QED) is 0.821. The van der Waals surface area contributed by atoms with E-state index in [0.717, 1.165) is 13.2 Å². The Morgan fingerprint density at radius 3 is 2.77 bits per heavy atom. The van der Waals surface area contributed by atoms with Crippen molar-refractivity contribution in [2.45, 2.75) is 23.8 Å². The van der Waals surface area contributed by atoms with Gasteiger partial charge >= 0.3 is 5.97 Å². The molecule has 0 bridgehead atoms. The predicted octanol–water partition coefficient (Wildman–Crippen LogP) is 1.15. The highest BCUT2D eigenvalue weighted by Gasteiger charge is 2.37. The first kappa shape index (κ1) is 18.8. The molecule has 1 aromatic carbocycles. The number of methoxy groups -OCH3 is 1. The van der Waals surface area contributed by atoms with Gasteiger partial charge in [-0.05, 0) is 25.0 Å². The molecule has 1 fully saturated rings. The number of carbonyl (C=O) groups is 1. The lowest BCUT2D eigenvalue weighted by atomic mass is 10.2. The van der Waals surface area contributed by atoms with Gasteiger partial charge in [0.25, 0.3) is 0 Å². The van der Waals surface area contributed by atoms with E-state index in [1.54, 1.807) is 0 Å². The minimum Gasteiger partial charge on any atom is -0.465 e. The number of rotatable bonds is 4. The minimum absolute atomic E-state index is 0. The Balaban J connectivity index is 0.00000242. The summed E-state index contributed by atoms with van der Waals surface area (Å²) >= 11 is 0. The zero-order chi connectivity index (χ0) is 15.6. The van der Waals surface area contributed by atoms with Gasteiger partial charge in [-0.2, -0.15) is 4.31 Å². The van der Waals surface area contributed by atoms with Crippen molar-refractivity contribution < 1.29 is 22.3 Å². The lowest BCUT2D eigenvalue weighted by Gasteiger charge is -2.23. The zero-order valence-electron chi connectivity index (χ0n) is 12.0. The van der Waals surface area contributed by atoms with Crippen molar-refractivity contribution in [3.8, 4) is 0 Å². The van der Waals surface area contributed by atoms with Crippen LogP contribution in [-0.4, -0.2) is 44.9 Å². The Labute approximate surface area is 134 Å². The molecule has 0 saturated carbocycles. The highest BCUT2D eigenvalue weighted by Crippen LogP contribution is 2.29. The topological polar surface area (TPSA) is 89.7 Å². The van der Waals surface area contributed by atoms with Gasteiger partial charge < -0.3 is 10.5 Å². The van der Waals surface area contributed by atoms with Crippen molar-refractivity contribution in [2.75, 3.05) is 20.2 Å². The standard InChI is InChI=1S/C13H17FN2O4S.ClH/c1-20-13(17)12-10(14)5-2-6-11(12)21(18,19)16-7-3-4-9(16)8-15;/h2,5-6,9H,3-4,7-8,15H2,1H3;1H. The third kappa shape index (κ3) is 3.24. The summed E-state index contributed by atoms with van der Waals surface area (Å²) in [6.07, 6.45) is 1.34. The van der Waals surface area contributed by atoms with E-state index in [9.17, 15) is 17.6 Å². The molecule has 0 aromatic heterocycles. The van der Waals surface area contributed by atoms with Crippen LogP contribution in [0, 0.1) is 5.82 Å². The normalized spacial score (nSPS) is 18.8. The van der Waals surface area contributed by atoms with Crippen LogP contribution in [0.25, 0.3) is 0 Å². The highest BCUT2D eigenvalue weighted by molar-refractivity contribution is 7.89. The molecule has 0 aliphatic carbocycles. The molecule has 1 unspecified atom stereocenters. The van der Waals surface area contributed by atoms with Gasteiger partial charge in [-0.15, -0.1) is 12.4 Å². The molecule has 2 N–H and O–H groups in total. The molecular formula is C13H18ClFN2O4S. The van der Waals surface area contributed by atoms with Gasteiger partial charge in [0.05, 0.1) is 12.0 Å². The third-order valence-electron chi connectivity index (χ3n) is 3.55. The van der Waals surface area contributed by atoms with Crippen LogP contribution in [-0.2, 0) is 14.8 Å². The molecule has 22 heavy (non-hydrogen) atoms. The number of ether oxygens (including phenoxy) is 1. The number of benzene rings is 1. The Morgan fingerprint density at radius 1 is 1.50 bits per heavy atom. The second-order valence-electron chi connectivity index (χ2n) is 4.75. The van der Waals surface area contributed by atoms with Gasteiger partial charge in [-0.25, -0.2) is 17.6 Å². The second kappa shape index (κ2) is 7.36. The van der Waals surface area contributed by atoms with E-state index >= 15 is 0 Å². The second-order valence-corrected chi connectivity index (χ2v) is 6.61. The minimum atomic E-state index is -4.00. The van der Waals surface area contributed by atoms with Gasteiger partial charge in [0.15, 0.2) is 0 Å². The first-order chi connectivity index (χ1) is 9.93. The Hall–Kier alpha value is -1.22. The molecule has 6 nitrogen and oxygen atoms in total. The Morgan fingerprint density at radius 2 is 2.18 bits per heavy atom. The number of sulfonamides is 1. The number of nitrogens with two attached hydrogens (primary N) is 1. The van der Waals surface area contributed by atoms with Crippen LogP contribution in [0.2, 0.25) is 0 Å². The van der Waals surface area contributed by atoms with Crippen molar-refractivity contribution in [3.05, 3.63) is 29.6 Å². The summed E-state index contributed by atoms with van der Waals surface area (Å²) in [5.74, 6) is -1.94. The Bertz CT molecular complexity index is 653. The number of nitrogens with zero attached hydrogens (tertiary/aromatic N) is 1. The van der Waals surface area contributed by atoms with E-state index in [1.165, 1.54) is 16.4 Å². The smallest absolute Gasteiger partial charge is 0.342 e. The van der Waals surface area contributed by atoms with Gasteiger partial charge in [0, 0.05) is 19.1 Å². The summed E-state index contributed by atoms with van der Waals surface area (Å²) in [6.45, 7) is 0.490. The molecule has 0 amide bonds. The Kier molecular flexibility index (Phi) is 6.30. The van der Waals surface area contributed by atoms with Crippen molar-refractivity contribution >= 4 is 28.4 Å². The van der Waals surface area contributed by atoms with Crippen LogP contribution in [0.4, 0.5) is 4.39 Å². The number of hydrogen-bond acceptors (Lipinski definition) is 5. The van der Waals surface area contributed by atoms with Gasteiger partial charge in [0.2, 0.25) is 10.0 Å². The summed E-state index contributed by atoms with van der Waals surface area (Å²) in [7, 11) is -2.92. The average molecular weight is 353 g/mol. The van der Waals surface area contributed by atoms with Gasteiger partial charge in [-0.3, -0.25) is 0 Å². The first-order valence-electron chi connectivity index (χ1n) is 6.52. The summed E-state index contributed by atoms with van der Waals surface area (Å²) in [5.41, 5.74) is 5.01. The molecular weight excluding hydrogens is 335 g/mol. The van der Waals surface area contributed by atoms with Crippen molar-refractivity contribution in [3.63, 3.8) is 0 Å². The molecule has 0 spiro atoms. The number of esters is 1. The monoisotopic (exact) mass is 352 g/mol. The zero-order valence-corrected chi connectivity index (χ0v) is 13.6. The van der Waals surface area contributed by atoms with Crippen LogP contribution in [0.5, 0.6) is 0 Å². The molecule has 1 atom stereocenters. The molecule has 9 heteroatoms. The van der Waals surface area contributed by atoms with Crippen molar-refractivity contribution in [1.82, 2.24) is 4.31 Å². The molecule has 2 rings (SSSR count). The molecule has 1 heterocycles. The summed E-state index contributed by atoms with van der Waals surface area (Å²) in [5, 5.41) is 0. The maximum atomic E-state index is 13.9. The lowest BCUT2D eigenvalue weighted by molar-refractivity contribution is 0.0590. The number of hydrogen-bond donors (Lipinski definition) is 1. The maximum Gasteiger partial charge on any atom is 0.342 e. The molecule has 0 radical (unpaired) electrons. The SMILES string of the molecule is COC(=O)c1c(F)cccc1S(=O)(=O)N1CCCC1CN.Cl. The van der Waals surface area contributed by atoms with Crippen LogP contribution in [0.1, 0.15) is 23.2 Å². The van der Waals surface area contributed by atoms with E-state index in [-0.39, 0.29) is 29.9 Å². The fraction of sp³-hybridized carbons (Fsp3) is 0.462. The fourth-order valence-electron chi connectivity index (χ4n) is 2.51. The van der Waals surface area contributed by atoms with E-state index in [1.807, 2.05) is 0 Å². The van der Waals surface area contributed by atoms with E-state index < -0.39 is 27.4 Å². The molecule has 1 aromatic rings. The molecule has 1 aliphatic heterocycles. The maximum absolute atomic E-state index is 13.9. The van der Waals surface area contributed by atoms with Crippen molar-refractivity contribution in [2.24, 2.45) is 5.73 Å². The van der Waals surface area contributed by atoms with E-state index in [2.05, 4.69) is 4.74 Å². The summed E-state index contributed by atoms with van der Waals surface area (Å²) < 4.78 is 45.0. The van der Waals surface area contributed by atoms with Gasteiger partial charge in [0.1, 0.15) is 11.4 Å². The highest BCUT2D eigenvalue weighted by atomic mass is 35.5. The predicted molar refractivity (Wildman–Crippen MR) is 81.0 cm³/mol. The molecule has 1 aliphatic rings. The average Bonchev–Trinajstić information content (AvgIpc) is 2.95. The van der Waals surface area contributed by atoms with Crippen LogP contribution >= 0.6 is 12.4 Å². The van der Waals surface area contributed by atoms with E-state index in [0.29, 0.717) is 19.4 Å². The third-order valence-corrected chi connectivity index (χ3v) is 5.54. The lowest BCUT2D eigenvalue weighted by Crippen LogP contribution is -2.40. The summed E-state index contributed by atoms with van der Waals surface area (Å²) in [4.78, 5) is 11.3. The first-order valence-corrected chi connectivity index (χ1v) is 7.96. The summed E-state index contributed by atoms with van der Waals surface area (Å²) in [6, 6.07) is 3.15. The van der Waals surface area contributed by atoms with Crippen LogP contribution in [0.15, 0.2) is 23.1 Å². The van der Waals surface area contributed by atoms with Crippen LogP contribution < -0.4 is 5.73 Å². The number of halogens is 2. The fourth-order valence-corrected chi connectivity index (χ4v) is 4.40. The molecule has 1 saturated heterocycles. The van der Waals surface area contributed by atoms with E-state index in [4.69, 9.17) is 5.73 Å². The molecule has 124 valence electrons. The number of carbonyl (C=O) groups excluding carboxylic acids is 1. The van der Waals surface area contributed by atoms with Crippen molar-refractivity contribution in [1.29, 1.82) is 0 Å². The van der Waals surface area contributed by atoms with Gasteiger partial charge in [-0.1, -0.05) is 6.07 Å².